The lowest BCUT2D eigenvalue weighted by Crippen LogP contribution is -2.43. The number of nitrogens with zero attached hydrogens (tertiary/aromatic N) is 1. The number of amides is 2. The van der Waals surface area contributed by atoms with E-state index in [0.29, 0.717) is 23.1 Å². The van der Waals surface area contributed by atoms with Gasteiger partial charge in [0.1, 0.15) is 5.75 Å². The van der Waals surface area contributed by atoms with E-state index in [0.717, 1.165) is 0 Å². The van der Waals surface area contributed by atoms with Crippen molar-refractivity contribution in [2.24, 2.45) is 0 Å². The number of non-ortho nitro benzene ring substituents is 1. The number of imide groups is 1. The summed E-state index contributed by atoms with van der Waals surface area (Å²) in [5.41, 5.74) is 0.363. The maximum absolute atomic E-state index is 13.3. The Bertz CT molecular complexity index is 1230. The first-order chi connectivity index (χ1) is 15.2. The maximum Gasteiger partial charge on any atom is 0.287 e. The topological polar surface area (TPSA) is 133 Å². The Hall–Kier alpha value is -3.36. The number of ether oxygens (including phenoxy) is 1. The van der Waals surface area contributed by atoms with E-state index in [1.807, 2.05) is 0 Å². The van der Waals surface area contributed by atoms with Crippen LogP contribution < -0.4 is 10.1 Å². The van der Waals surface area contributed by atoms with Crippen LogP contribution in [0.5, 0.6) is 5.75 Å². The molecule has 166 valence electrons. The summed E-state index contributed by atoms with van der Waals surface area (Å²) >= 11 is 0.450. The Morgan fingerprint density at radius 1 is 1.19 bits per heavy atom. The van der Waals surface area contributed by atoms with E-state index in [1.54, 1.807) is 6.07 Å². The van der Waals surface area contributed by atoms with E-state index in [9.17, 15) is 28.1 Å². The number of methoxy groups -OCH3 is 1. The van der Waals surface area contributed by atoms with Crippen molar-refractivity contribution >= 4 is 38.4 Å². The van der Waals surface area contributed by atoms with Crippen molar-refractivity contribution < 1.29 is 27.7 Å². The van der Waals surface area contributed by atoms with Crippen molar-refractivity contribution in [3.63, 3.8) is 0 Å². The molecule has 0 bridgehead atoms. The van der Waals surface area contributed by atoms with E-state index in [4.69, 9.17) is 4.74 Å². The second kappa shape index (κ2) is 9.42. The lowest BCUT2D eigenvalue weighted by Gasteiger charge is -2.24. The molecular weight excluding hydrogens is 456 g/mol. The molecule has 1 N–H and O–H groups in total. The molecule has 1 unspecified atom stereocenters. The van der Waals surface area contributed by atoms with Crippen LogP contribution >= 0.6 is 11.8 Å². The van der Waals surface area contributed by atoms with Crippen LogP contribution in [0, 0.1) is 22.0 Å². The molecule has 1 saturated heterocycles. The quantitative estimate of drug-likeness (QED) is 0.280. The van der Waals surface area contributed by atoms with Gasteiger partial charge in [0.05, 0.1) is 16.9 Å². The van der Waals surface area contributed by atoms with Crippen LogP contribution in [0.2, 0.25) is 0 Å². The van der Waals surface area contributed by atoms with Crippen molar-refractivity contribution in [1.82, 2.24) is 5.32 Å². The highest BCUT2D eigenvalue weighted by Gasteiger charge is 2.57. The smallest absolute Gasteiger partial charge is 0.287 e. The first-order valence-electron chi connectivity index (χ1n) is 9.36. The van der Waals surface area contributed by atoms with E-state index in [1.165, 1.54) is 49.6 Å². The van der Waals surface area contributed by atoms with Gasteiger partial charge in [0, 0.05) is 24.1 Å². The average molecular weight is 475 g/mol. The predicted molar refractivity (Wildman–Crippen MR) is 118 cm³/mol. The lowest BCUT2D eigenvalue weighted by atomic mass is 10.1. The molecule has 1 heterocycles. The van der Waals surface area contributed by atoms with Crippen LogP contribution in [-0.2, 0) is 14.6 Å². The van der Waals surface area contributed by atoms with E-state index < -0.39 is 30.0 Å². The highest BCUT2D eigenvalue weighted by Crippen LogP contribution is 2.44. The molecule has 0 spiro atoms. The number of carbonyl (C=O) groups is 2. The number of nitro benzene ring substituents is 1. The third-order valence-electron chi connectivity index (χ3n) is 4.72. The van der Waals surface area contributed by atoms with Crippen molar-refractivity contribution in [3.8, 4) is 17.6 Å². The first-order valence-corrected chi connectivity index (χ1v) is 11.7. The Morgan fingerprint density at radius 2 is 1.91 bits per heavy atom. The summed E-state index contributed by atoms with van der Waals surface area (Å²) in [7, 11) is -2.77. The summed E-state index contributed by atoms with van der Waals surface area (Å²) in [6.07, 6.45) is 0.308. The zero-order chi connectivity index (χ0) is 23.4. The highest BCUT2D eigenvalue weighted by molar-refractivity contribution is 8.25. The molecule has 11 heteroatoms. The van der Waals surface area contributed by atoms with Crippen molar-refractivity contribution in [2.45, 2.75) is 28.2 Å². The van der Waals surface area contributed by atoms with Gasteiger partial charge in [-0.25, -0.2) is 8.42 Å². The molecule has 0 aliphatic carbocycles. The summed E-state index contributed by atoms with van der Waals surface area (Å²) in [6, 6.07) is 11.4. The van der Waals surface area contributed by atoms with E-state index >= 15 is 0 Å². The van der Waals surface area contributed by atoms with Crippen LogP contribution in [0.1, 0.15) is 24.8 Å². The van der Waals surface area contributed by atoms with Crippen LogP contribution in [0.4, 0.5) is 10.5 Å². The normalized spacial score (nSPS) is 17.9. The van der Waals surface area contributed by atoms with E-state index in [-0.39, 0.29) is 29.8 Å². The third kappa shape index (κ3) is 4.61. The zero-order valence-corrected chi connectivity index (χ0v) is 18.5. The SMILES string of the molecule is COc1ccc(S(=O)(=O)C2(CCCC#Cc3cccc([N+](=O)[O-])c3)SC(=O)NC2=O)cc1. The van der Waals surface area contributed by atoms with Gasteiger partial charge in [-0.05, 0) is 54.9 Å². The molecule has 2 aromatic rings. The minimum absolute atomic E-state index is 0.0844. The molecule has 2 aromatic carbocycles. The van der Waals surface area contributed by atoms with Gasteiger partial charge in [0.15, 0.2) is 0 Å². The minimum Gasteiger partial charge on any atom is -0.497 e. The third-order valence-corrected chi connectivity index (χ3v) is 8.79. The number of unbranched alkanes of at least 4 members (excludes halogenated alkanes) is 1. The van der Waals surface area contributed by atoms with Gasteiger partial charge in [-0.15, -0.1) is 0 Å². The summed E-state index contributed by atoms with van der Waals surface area (Å²) in [4.78, 5) is 34.7. The van der Waals surface area contributed by atoms with Crippen LogP contribution in [0.15, 0.2) is 53.4 Å². The number of nitrogens with one attached hydrogen (secondary N) is 1. The summed E-state index contributed by atoms with van der Waals surface area (Å²) in [5.74, 6) is 5.19. The van der Waals surface area contributed by atoms with Crippen molar-refractivity contribution in [2.75, 3.05) is 7.11 Å². The standard InChI is InChI=1S/C21H18N2O7S2/c1-30-17-9-11-18(12-10-17)32(28,29)21(19(24)22-20(25)31-21)13-4-2-3-6-15-7-5-8-16(14-15)23(26)27/h5,7-12,14H,2,4,13H2,1H3,(H,22,24,25). The Labute approximate surface area is 188 Å². The monoisotopic (exact) mass is 474 g/mol. The van der Waals surface area contributed by atoms with Crippen LogP contribution in [0.25, 0.3) is 0 Å². The van der Waals surface area contributed by atoms with Crippen molar-refractivity contribution in [3.05, 3.63) is 64.2 Å². The molecule has 0 radical (unpaired) electrons. The second-order valence-corrected chi connectivity index (χ2v) is 10.4. The maximum atomic E-state index is 13.3. The first kappa shape index (κ1) is 23.3. The number of rotatable bonds is 7. The summed E-state index contributed by atoms with van der Waals surface area (Å²) < 4.78 is 29.7. The minimum atomic E-state index is -4.21. The largest absolute Gasteiger partial charge is 0.497 e. The Balaban J connectivity index is 1.79. The molecule has 1 atom stereocenters. The summed E-state index contributed by atoms with van der Waals surface area (Å²) in [6.45, 7) is 0. The Morgan fingerprint density at radius 3 is 2.50 bits per heavy atom. The lowest BCUT2D eigenvalue weighted by molar-refractivity contribution is -0.384. The average Bonchev–Trinajstić information content (AvgIpc) is 3.08. The fourth-order valence-corrected chi connectivity index (χ4v) is 6.47. The molecule has 32 heavy (non-hydrogen) atoms. The molecule has 0 saturated carbocycles. The molecular formula is C21H18N2O7S2. The Kier molecular flexibility index (Phi) is 6.86. The number of carbonyl (C=O) groups excluding carboxylic acids is 2. The number of hydrogen-bond acceptors (Lipinski definition) is 8. The molecule has 9 nitrogen and oxygen atoms in total. The van der Waals surface area contributed by atoms with Gasteiger partial charge in [-0.2, -0.15) is 0 Å². The molecule has 1 aliphatic heterocycles. The number of nitro groups is 1. The fourth-order valence-electron chi connectivity index (χ4n) is 3.10. The van der Waals surface area contributed by atoms with Gasteiger partial charge >= 0.3 is 0 Å². The van der Waals surface area contributed by atoms with Crippen LogP contribution in [-0.4, -0.2) is 35.7 Å². The van der Waals surface area contributed by atoms with Gasteiger partial charge in [0.25, 0.3) is 16.8 Å². The van der Waals surface area contributed by atoms with E-state index in [2.05, 4.69) is 17.2 Å². The van der Waals surface area contributed by atoms with Gasteiger partial charge in [0.2, 0.25) is 13.9 Å². The van der Waals surface area contributed by atoms with Gasteiger partial charge < -0.3 is 4.74 Å². The number of thioether (sulfide) groups is 1. The molecule has 3 rings (SSSR count). The number of benzene rings is 2. The zero-order valence-electron chi connectivity index (χ0n) is 16.9. The number of sulfone groups is 1. The second-order valence-electron chi connectivity index (χ2n) is 6.74. The predicted octanol–water partition coefficient (Wildman–Crippen LogP) is 3.28. The molecule has 2 amide bonds. The van der Waals surface area contributed by atoms with Gasteiger partial charge in [-0.1, -0.05) is 17.9 Å². The summed E-state index contributed by atoms with van der Waals surface area (Å²) in [5, 5.41) is 12.2. The molecule has 1 fully saturated rings. The molecule has 0 aromatic heterocycles. The molecule has 1 aliphatic rings. The highest BCUT2D eigenvalue weighted by atomic mass is 32.3. The fraction of sp³-hybridized carbons (Fsp3) is 0.238. The van der Waals surface area contributed by atoms with Gasteiger partial charge in [-0.3, -0.25) is 25.0 Å². The number of hydrogen-bond donors (Lipinski definition) is 1. The van der Waals surface area contributed by atoms with Crippen LogP contribution in [0.3, 0.4) is 0 Å². The van der Waals surface area contributed by atoms with Crippen molar-refractivity contribution in [1.29, 1.82) is 0 Å².